The minimum Gasteiger partial charge on any atom is -0.444 e. The molecule has 1 saturated heterocycles. The summed E-state index contributed by atoms with van der Waals surface area (Å²) in [5.74, 6) is -0.531. The zero-order valence-corrected chi connectivity index (χ0v) is 23.2. The fourth-order valence-corrected chi connectivity index (χ4v) is 4.33. The van der Waals surface area contributed by atoms with E-state index in [1.807, 2.05) is 0 Å². The zero-order chi connectivity index (χ0) is 30.7. The second-order valence-corrected chi connectivity index (χ2v) is 10.7. The standard InChI is InChI=1S/C28H31F3N8O3/c1-27(2,3)42-26(41)39-12-4-5-19(14-39)37-24-21(23(33)35-15-36-24)22(32)16-6-8-17(9-7-16)25(40)38-20-13-18(10-11-34-20)28(29,30)31/h6-11,13,15,19,32H,4-5,12,14H2,1-3H3,(H,34,38,40)(H3,33,35,36,37)/t19-/m1/s1. The number of nitrogens with zero attached hydrogens (tertiary/aromatic N) is 4. The first-order valence-electron chi connectivity index (χ1n) is 13.1. The number of nitrogens with two attached hydrogens (primary N) is 1. The Hall–Kier alpha value is -4.75. The molecular weight excluding hydrogens is 553 g/mol. The van der Waals surface area contributed by atoms with Crippen molar-refractivity contribution >= 4 is 35.2 Å². The molecular formula is C28H31F3N8O3. The molecule has 0 unspecified atom stereocenters. The predicted molar refractivity (Wildman–Crippen MR) is 150 cm³/mol. The van der Waals surface area contributed by atoms with E-state index in [1.165, 1.54) is 30.6 Å². The number of halogens is 3. The van der Waals surface area contributed by atoms with Crippen LogP contribution < -0.4 is 16.4 Å². The third kappa shape index (κ3) is 7.50. The molecule has 0 bridgehead atoms. The first-order chi connectivity index (χ1) is 19.7. The molecule has 11 nitrogen and oxygen atoms in total. The summed E-state index contributed by atoms with van der Waals surface area (Å²) in [6.07, 6.45) is -1.25. The Labute approximate surface area is 240 Å². The Bertz CT molecular complexity index is 1470. The van der Waals surface area contributed by atoms with Crippen LogP contribution >= 0.6 is 0 Å². The van der Waals surface area contributed by atoms with Crippen molar-refractivity contribution in [1.82, 2.24) is 19.9 Å². The van der Waals surface area contributed by atoms with E-state index in [1.54, 1.807) is 25.7 Å². The maximum absolute atomic E-state index is 13.0. The summed E-state index contributed by atoms with van der Waals surface area (Å²) in [5.41, 5.74) is 5.37. The van der Waals surface area contributed by atoms with Crippen LogP contribution in [0.25, 0.3) is 0 Å². The summed E-state index contributed by atoms with van der Waals surface area (Å²) < 4.78 is 44.4. The van der Waals surface area contributed by atoms with Crippen LogP contribution in [0.3, 0.4) is 0 Å². The van der Waals surface area contributed by atoms with E-state index in [-0.39, 0.29) is 34.5 Å². The first-order valence-corrected chi connectivity index (χ1v) is 13.1. The molecule has 1 aliphatic heterocycles. The van der Waals surface area contributed by atoms with E-state index in [9.17, 15) is 22.8 Å². The monoisotopic (exact) mass is 584 g/mol. The third-order valence-corrected chi connectivity index (χ3v) is 6.31. The van der Waals surface area contributed by atoms with Gasteiger partial charge in [0.25, 0.3) is 5.91 Å². The quantitative estimate of drug-likeness (QED) is 0.296. The number of ether oxygens (including phenoxy) is 1. The molecule has 1 aromatic carbocycles. The van der Waals surface area contributed by atoms with E-state index in [0.717, 1.165) is 31.2 Å². The molecule has 14 heteroatoms. The number of pyridine rings is 1. The highest BCUT2D eigenvalue weighted by atomic mass is 19.4. The topological polar surface area (TPSA) is 159 Å². The first kappa shape index (κ1) is 30.2. The van der Waals surface area contributed by atoms with E-state index >= 15 is 0 Å². The largest absolute Gasteiger partial charge is 0.444 e. The average Bonchev–Trinajstić information content (AvgIpc) is 2.92. The molecule has 222 valence electrons. The van der Waals surface area contributed by atoms with E-state index in [2.05, 4.69) is 25.6 Å². The number of alkyl halides is 3. The van der Waals surface area contributed by atoms with Crippen LogP contribution in [0.4, 0.5) is 35.4 Å². The molecule has 0 radical (unpaired) electrons. The summed E-state index contributed by atoms with van der Waals surface area (Å²) in [6, 6.07) is 7.26. The summed E-state index contributed by atoms with van der Waals surface area (Å²) in [6.45, 7) is 6.34. The number of aromatic nitrogens is 3. The number of likely N-dealkylation sites (tertiary alicyclic amines) is 1. The van der Waals surface area contributed by atoms with Crippen LogP contribution in [0.2, 0.25) is 0 Å². The van der Waals surface area contributed by atoms with Crippen LogP contribution in [0, 0.1) is 5.41 Å². The number of carbonyl (C=O) groups is 2. The van der Waals surface area contributed by atoms with Crippen molar-refractivity contribution in [2.75, 3.05) is 29.5 Å². The van der Waals surface area contributed by atoms with Gasteiger partial charge in [0.15, 0.2) is 0 Å². The number of nitrogens with one attached hydrogen (secondary N) is 3. The number of rotatable bonds is 6. The zero-order valence-electron chi connectivity index (χ0n) is 23.2. The van der Waals surface area contributed by atoms with Crippen molar-refractivity contribution < 1.29 is 27.5 Å². The van der Waals surface area contributed by atoms with Gasteiger partial charge in [0.05, 0.1) is 16.8 Å². The van der Waals surface area contributed by atoms with Gasteiger partial charge in [-0.1, -0.05) is 12.1 Å². The molecule has 0 aliphatic carbocycles. The van der Waals surface area contributed by atoms with E-state index < -0.39 is 29.3 Å². The van der Waals surface area contributed by atoms with Crippen molar-refractivity contribution in [2.45, 2.75) is 51.4 Å². The summed E-state index contributed by atoms with van der Waals surface area (Å²) >= 11 is 0. The molecule has 3 heterocycles. The van der Waals surface area contributed by atoms with Crippen molar-refractivity contribution in [3.8, 4) is 0 Å². The number of anilines is 3. The molecule has 0 spiro atoms. The van der Waals surface area contributed by atoms with Crippen molar-refractivity contribution in [3.63, 3.8) is 0 Å². The number of carbonyl (C=O) groups excluding carboxylic acids is 2. The van der Waals surface area contributed by atoms with E-state index in [4.69, 9.17) is 15.9 Å². The van der Waals surface area contributed by atoms with Gasteiger partial charge in [0.1, 0.15) is 29.4 Å². The van der Waals surface area contributed by atoms with E-state index in [0.29, 0.717) is 24.5 Å². The Morgan fingerprint density at radius 2 is 1.76 bits per heavy atom. The molecule has 2 amide bonds. The van der Waals surface area contributed by atoms with Crippen LogP contribution in [0.1, 0.15) is 60.7 Å². The molecule has 3 aromatic rings. The summed E-state index contributed by atoms with van der Waals surface area (Å²) in [4.78, 5) is 38.9. The van der Waals surface area contributed by atoms with Crippen LogP contribution in [0.5, 0.6) is 0 Å². The Morgan fingerprint density at radius 3 is 2.43 bits per heavy atom. The number of benzene rings is 1. The van der Waals surface area contributed by atoms with Crippen molar-refractivity contribution in [3.05, 3.63) is 71.2 Å². The van der Waals surface area contributed by atoms with Gasteiger partial charge < -0.3 is 26.0 Å². The second kappa shape index (κ2) is 12.0. The molecule has 1 atom stereocenters. The normalized spacial score (nSPS) is 15.6. The van der Waals surface area contributed by atoms with Gasteiger partial charge in [0.2, 0.25) is 0 Å². The fourth-order valence-electron chi connectivity index (χ4n) is 4.33. The SMILES string of the molecule is CC(C)(C)OC(=O)N1CCC[C@@H](Nc2ncnc(N)c2C(=N)c2ccc(C(=O)Nc3cc(C(F)(F)F)ccn3)cc2)C1. The van der Waals surface area contributed by atoms with Gasteiger partial charge in [-0.15, -0.1) is 0 Å². The highest BCUT2D eigenvalue weighted by Crippen LogP contribution is 2.30. The lowest BCUT2D eigenvalue weighted by atomic mass is 10.0. The Balaban J connectivity index is 1.47. The number of amides is 2. The molecule has 0 saturated carbocycles. The number of nitrogen functional groups attached to an aromatic ring is 1. The van der Waals surface area contributed by atoms with Crippen molar-refractivity contribution in [2.24, 2.45) is 0 Å². The van der Waals surface area contributed by atoms with Crippen molar-refractivity contribution in [1.29, 1.82) is 5.41 Å². The highest BCUT2D eigenvalue weighted by molar-refractivity contribution is 6.16. The molecule has 1 aliphatic rings. The summed E-state index contributed by atoms with van der Waals surface area (Å²) in [7, 11) is 0. The Morgan fingerprint density at radius 1 is 1.07 bits per heavy atom. The van der Waals surface area contributed by atoms with Gasteiger partial charge in [-0.3, -0.25) is 10.2 Å². The smallest absolute Gasteiger partial charge is 0.416 e. The molecule has 5 N–H and O–H groups in total. The highest BCUT2D eigenvalue weighted by Gasteiger charge is 2.31. The lowest BCUT2D eigenvalue weighted by Crippen LogP contribution is -2.47. The van der Waals surface area contributed by atoms with Gasteiger partial charge in [-0.05, 0) is 57.9 Å². The molecule has 1 fully saturated rings. The molecule has 42 heavy (non-hydrogen) atoms. The van der Waals surface area contributed by atoms with Gasteiger partial charge in [0, 0.05) is 36.5 Å². The van der Waals surface area contributed by atoms with Gasteiger partial charge in [-0.2, -0.15) is 13.2 Å². The molecule has 4 rings (SSSR count). The molecule has 2 aromatic heterocycles. The lowest BCUT2D eigenvalue weighted by Gasteiger charge is -2.34. The minimum atomic E-state index is -4.57. The number of piperidine rings is 1. The average molecular weight is 585 g/mol. The van der Waals surface area contributed by atoms with Crippen LogP contribution in [-0.2, 0) is 10.9 Å². The predicted octanol–water partition coefficient (Wildman–Crippen LogP) is 4.95. The third-order valence-electron chi connectivity index (χ3n) is 6.31. The van der Waals surface area contributed by atoms with Gasteiger partial charge in [-0.25, -0.2) is 19.7 Å². The minimum absolute atomic E-state index is 0.0121. The fraction of sp³-hybridized carbons (Fsp3) is 0.357. The van der Waals surface area contributed by atoms with Gasteiger partial charge >= 0.3 is 12.3 Å². The number of hydrogen-bond donors (Lipinski definition) is 4. The maximum Gasteiger partial charge on any atom is 0.416 e. The maximum atomic E-state index is 13.0. The Kier molecular flexibility index (Phi) is 8.64. The van der Waals surface area contributed by atoms with Crippen LogP contribution in [0.15, 0.2) is 48.9 Å². The second-order valence-electron chi connectivity index (χ2n) is 10.7. The summed E-state index contributed by atoms with van der Waals surface area (Å²) in [5, 5.41) is 14.4. The number of hydrogen-bond acceptors (Lipinski definition) is 9. The van der Waals surface area contributed by atoms with Crippen LogP contribution in [-0.4, -0.2) is 62.3 Å². The lowest BCUT2D eigenvalue weighted by molar-refractivity contribution is -0.137.